The van der Waals surface area contributed by atoms with Gasteiger partial charge in [-0.3, -0.25) is 0 Å². The molecule has 5 heteroatoms. The molecule has 0 aliphatic carbocycles. The number of carbonyl (C=O) groups is 1. The lowest BCUT2D eigenvalue weighted by Gasteiger charge is -1.96. The van der Waals surface area contributed by atoms with Crippen molar-refractivity contribution in [3.63, 3.8) is 0 Å². The van der Waals surface area contributed by atoms with Crippen molar-refractivity contribution in [3.8, 4) is 0 Å². The second-order valence-electron chi connectivity index (χ2n) is 2.95. The average Bonchev–Trinajstić information content (AvgIpc) is 2.58. The van der Waals surface area contributed by atoms with E-state index in [1.807, 2.05) is 19.2 Å². The third kappa shape index (κ3) is 4.05. The highest BCUT2D eigenvalue weighted by Gasteiger charge is 2.04. The van der Waals surface area contributed by atoms with Crippen LogP contribution in [0.1, 0.15) is 19.0 Å². The van der Waals surface area contributed by atoms with Gasteiger partial charge in [-0.1, -0.05) is 24.8 Å². The number of rotatable bonds is 5. The van der Waals surface area contributed by atoms with Crippen molar-refractivity contribution in [2.45, 2.75) is 24.6 Å². The summed E-state index contributed by atoms with van der Waals surface area (Å²) in [6, 6.07) is 0. The smallest absolute Gasteiger partial charge is 0.331 e. The van der Waals surface area contributed by atoms with E-state index in [9.17, 15) is 4.79 Å². The highest BCUT2D eigenvalue weighted by molar-refractivity contribution is 8.01. The molecule has 0 unspecified atom stereocenters. The van der Waals surface area contributed by atoms with E-state index < -0.39 is 5.97 Å². The van der Waals surface area contributed by atoms with Gasteiger partial charge < -0.3 is 5.11 Å². The van der Waals surface area contributed by atoms with E-state index in [4.69, 9.17) is 5.11 Å². The summed E-state index contributed by atoms with van der Waals surface area (Å²) in [5.74, 6) is -0.156. The molecule has 0 saturated heterocycles. The Morgan fingerprint density at radius 2 is 2.47 bits per heavy atom. The maximum absolute atomic E-state index is 10.7. The van der Waals surface area contributed by atoms with Crippen LogP contribution in [0.2, 0.25) is 0 Å². The Morgan fingerprint density at radius 1 is 1.73 bits per heavy atom. The zero-order chi connectivity index (χ0) is 11.3. The van der Waals surface area contributed by atoms with E-state index in [0.717, 1.165) is 10.0 Å². The van der Waals surface area contributed by atoms with Crippen molar-refractivity contribution in [1.82, 2.24) is 4.98 Å². The SMILES string of the molecule is CCC(=CCSc1nc(C)cs1)C(=O)O. The average molecular weight is 243 g/mol. The summed E-state index contributed by atoms with van der Waals surface area (Å²) in [5.41, 5.74) is 1.48. The van der Waals surface area contributed by atoms with Crippen LogP contribution in [0.25, 0.3) is 0 Å². The van der Waals surface area contributed by atoms with Crippen molar-refractivity contribution >= 4 is 29.1 Å². The van der Waals surface area contributed by atoms with Gasteiger partial charge in [0.25, 0.3) is 0 Å². The van der Waals surface area contributed by atoms with E-state index in [0.29, 0.717) is 17.7 Å². The third-order valence-corrected chi connectivity index (χ3v) is 3.86. The zero-order valence-corrected chi connectivity index (χ0v) is 10.3. The molecular formula is C10H13NO2S2. The first-order valence-electron chi connectivity index (χ1n) is 4.60. The van der Waals surface area contributed by atoms with Crippen molar-refractivity contribution in [2.75, 3.05) is 5.75 Å². The molecule has 0 amide bonds. The number of hydrogen-bond acceptors (Lipinski definition) is 4. The minimum absolute atomic E-state index is 0.468. The Kier molecular flexibility index (Phi) is 4.84. The molecule has 0 radical (unpaired) electrons. The van der Waals surface area contributed by atoms with Crippen molar-refractivity contribution in [3.05, 3.63) is 22.7 Å². The number of aromatic nitrogens is 1. The largest absolute Gasteiger partial charge is 0.478 e. The molecule has 0 saturated carbocycles. The highest BCUT2D eigenvalue weighted by atomic mass is 32.2. The van der Waals surface area contributed by atoms with Crippen LogP contribution in [-0.4, -0.2) is 21.8 Å². The second kappa shape index (κ2) is 5.92. The fourth-order valence-electron chi connectivity index (χ4n) is 0.995. The number of thiazole rings is 1. The lowest BCUT2D eigenvalue weighted by atomic mass is 10.2. The van der Waals surface area contributed by atoms with Crippen molar-refractivity contribution < 1.29 is 9.90 Å². The molecular weight excluding hydrogens is 230 g/mol. The van der Waals surface area contributed by atoms with Gasteiger partial charge in [0.1, 0.15) is 4.34 Å². The molecule has 1 aromatic heterocycles. The predicted octanol–water partition coefficient (Wildman–Crippen LogP) is 2.96. The zero-order valence-electron chi connectivity index (χ0n) is 8.69. The van der Waals surface area contributed by atoms with E-state index >= 15 is 0 Å². The van der Waals surface area contributed by atoms with Crippen LogP contribution in [0.3, 0.4) is 0 Å². The van der Waals surface area contributed by atoms with Gasteiger partial charge in [0, 0.05) is 22.4 Å². The lowest BCUT2D eigenvalue weighted by molar-refractivity contribution is -0.132. The maximum atomic E-state index is 10.7. The molecule has 0 aliphatic rings. The van der Waals surface area contributed by atoms with Crippen molar-refractivity contribution in [1.29, 1.82) is 0 Å². The molecule has 0 bridgehead atoms. The van der Waals surface area contributed by atoms with Crippen LogP contribution < -0.4 is 0 Å². The number of hydrogen-bond donors (Lipinski definition) is 1. The number of aryl methyl sites for hydroxylation is 1. The van der Waals surface area contributed by atoms with Gasteiger partial charge in [0.05, 0.1) is 0 Å². The van der Waals surface area contributed by atoms with Crippen LogP contribution in [0.15, 0.2) is 21.4 Å². The standard InChI is InChI=1S/C10H13NO2S2/c1-3-8(9(12)13)4-5-14-10-11-7(2)6-15-10/h4,6H,3,5H2,1-2H3,(H,12,13). The minimum Gasteiger partial charge on any atom is -0.478 e. The van der Waals surface area contributed by atoms with Gasteiger partial charge in [-0.05, 0) is 13.3 Å². The Hall–Kier alpha value is -0.810. The fourth-order valence-corrected chi connectivity index (χ4v) is 2.77. The molecule has 0 aromatic carbocycles. The van der Waals surface area contributed by atoms with E-state index in [2.05, 4.69) is 4.98 Å². The number of thioether (sulfide) groups is 1. The quantitative estimate of drug-likeness (QED) is 0.638. The molecule has 3 nitrogen and oxygen atoms in total. The van der Waals surface area contributed by atoms with Gasteiger partial charge in [-0.15, -0.1) is 11.3 Å². The van der Waals surface area contributed by atoms with Crippen LogP contribution in [-0.2, 0) is 4.79 Å². The van der Waals surface area contributed by atoms with Gasteiger partial charge in [-0.2, -0.15) is 0 Å². The van der Waals surface area contributed by atoms with E-state index in [-0.39, 0.29) is 0 Å². The molecule has 0 atom stereocenters. The molecule has 1 aromatic rings. The molecule has 82 valence electrons. The molecule has 1 heterocycles. The Bertz CT molecular complexity index is 371. The predicted molar refractivity (Wildman–Crippen MR) is 63.6 cm³/mol. The second-order valence-corrected chi connectivity index (χ2v) is 5.08. The maximum Gasteiger partial charge on any atom is 0.331 e. The van der Waals surface area contributed by atoms with Gasteiger partial charge in [0.2, 0.25) is 0 Å². The summed E-state index contributed by atoms with van der Waals surface area (Å²) in [7, 11) is 0. The summed E-state index contributed by atoms with van der Waals surface area (Å²) < 4.78 is 0.990. The summed E-state index contributed by atoms with van der Waals surface area (Å²) >= 11 is 3.16. The lowest BCUT2D eigenvalue weighted by Crippen LogP contribution is -1.99. The number of carboxylic acid groups (broad SMARTS) is 1. The molecule has 0 aliphatic heterocycles. The van der Waals surface area contributed by atoms with Crippen LogP contribution in [0.5, 0.6) is 0 Å². The van der Waals surface area contributed by atoms with Crippen LogP contribution in [0.4, 0.5) is 0 Å². The molecule has 15 heavy (non-hydrogen) atoms. The fraction of sp³-hybridized carbons (Fsp3) is 0.400. The summed E-state index contributed by atoms with van der Waals surface area (Å²) in [6.07, 6.45) is 2.32. The van der Waals surface area contributed by atoms with E-state index in [1.54, 1.807) is 29.2 Å². The monoisotopic (exact) mass is 243 g/mol. The number of aliphatic carboxylic acids is 1. The highest BCUT2D eigenvalue weighted by Crippen LogP contribution is 2.22. The molecule has 1 N–H and O–H groups in total. The topological polar surface area (TPSA) is 50.2 Å². The Morgan fingerprint density at radius 3 is 2.93 bits per heavy atom. The summed E-state index contributed by atoms with van der Waals surface area (Å²) in [6.45, 7) is 3.79. The first kappa shape index (κ1) is 12.3. The normalized spacial score (nSPS) is 11.7. The van der Waals surface area contributed by atoms with Crippen molar-refractivity contribution in [2.24, 2.45) is 0 Å². The van der Waals surface area contributed by atoms with E-state index in [1.165, 1.54) is 0 Å². The number of carboxylic acids is 1. The van der Waals surface area contributed by atoms with Gasteiger partial charge >= 0.3 is 5.97 Å². The van der Waals surface area contributed by atoms with Gasteiger partial charge in [0.15, 0.2) is 0 Å². The van der Waals surface area contributed by atoms with Crippen LogP contribution >= 0.6 is 23.1 Å². The first-order valence-corrected chi connectivity index (χ1v) is 6.47. The third-order valence-electron chi connectivity index (χ3n) is 1.79. The molecule has 1 rings (SSSR count). The summed E-state index contributed by atoms with van der Waals surface area (Å²) in [4.78, 5) is 15.0. The van der Waals surface area contributed by atoms with Crippen LogP contribution in [0, 0.1) is 6.92 Å². The first-order chi connectivity index (χ1) is 7.13. The number of nitrogens with zero attached hydrogens (tertiary/aromatic N) is 1. The van der Waals surface area contributed by atoms with Gasteiger partial charge in [-0.25, -0.2) is 9.78 Å². The minimum atomic E-state index is -0.826. The Labute approximate surface area is 97.2 Å². The Balaban J connectivity index is 2.47. The molecule has 0 spiro atoms. The molecule has 0 fully saturated rings. The summed E-state index contributed by atoms with van der Waals surface area (Å²) in [5, 5.41) is 10.8.